The summed E-state index contributed by atoms with van der Waals surface area (Å²) in [6.07, 6.45) is -3.65. The summed E-state index contributed by atoms with van der Waals surface area (Å²) in [4.78, 5) is 39.1. The van der Waals surface area contributed by atoms with E-state index in [0.717, 1.165) is 23.2 Å². The van der Waals surface area contributed by atoms with Crippen LogP contribution in [0.5, 0.6) is 0 Å². The zero-order chi connectivity index (χ0) is 30.1. The van der Waals surface area contributed by atoms with E-state index in [-0.39, 0.29) is 37.3 Å². The van der Waals surface area contributed by atoms with Gasteiger partial charge in [-0.1, -0.05) is 46.9 Å². The number of hydrogen-bond acceptors (Lipinski definition) is 4. The molecule has 1 N–H and O–H groups in total. The fourth-order valence-electron chi connectivity index (χ4n) is 4.86. The van der Waals surface area contributed by atoms with Crippen molar-refractivity contribution in [3.63, 3.8) is 0 Å². The fourth-order valence-corrected chi connectivity index (χ4v) is 5.57. The third-order valence-corrected chi connectivity index (χ3v) is 7.85. The number of Topliss-reactive ketones (excluding diaryl/α,β-unsaturated/α-hetero) is 1. The number of rotatable bonds is 8. The standard InChI is InChI=1S/C27H22Cl3F4N3O4/c28-16-5-1-14(2-6-16)12-36(13-21(38)22-19(29)9-10-20(31)23(22)30)25(39)18-11-35-37(24(18)27(32,33)34)17-7-3-15(4-8-17)26(40)41/h1-2,5-6,9-11,15,17H,3-4,7-8,12-13H2,(H,40,41). The summed E-state index contributed by atoms with van der Waals surface area (Å²) >= 11 is 18.0. The number of carboxylic acid groups (broad SMARTS) is 1. The van der Waals surface area contributed by atoms with Crippen LogP contribution in [0.1, 0.15) is 63.7 Å². The Kier molecular flexibility index (Phi) is 9.30. The normalized spacial score (nSPS) is 17.3. The van der Waals surface area contributed by atoms with E-state index < -0.39 is 70.0 Å². The number of aromatic nitrogens is 2. The number of aliphatic carboxylic acids is 1. The predicted molar refractivity (Wildman–Crippen MR) is 143 cm³/mol. The molecular formula is C27H22Cl3F4N3O4. The molecule has 0 spiro atoms. The molecule has 0 unspecified atom stereocenters. The number of hydrogen-bond donors (Lipinski definition) is 1. The average Bonchev–Trinajstić information content (AvgIpc) is 3.38. The van der Waals surface area contributed by atoms with Gasteiger partial charge in [-0.15, -0.1) is 0 Å². The predicted octanol–water partition coefficient (Wildman–Crippen LogP) is 7.34. The van der Waals surface area contributed by atoms with Gasteiger partial charge in [-0.3, -0.25) is 19.1 Å². The fraction of sp³-hybridized carbons (Fsp3) is 0.333. The van der Waals surface area contributed by atoms with Crippen molar-refractivity contribution < 1.29 is 37.1 Å². The Hall–Kier alpha value is -3.15. The molecular weight excluding hydrogens is 613 g/mol. The summed E-state index contributed by atoms with van der Waals surface area (Å²) in [5, 5.41) is 12.7. The Morgan fingerprint density at radius 1 is 1.00 bits per heavy atom. The summed E-state index contributed by atoms with van der Waals surface area (Å²) < 4.78 is 58.0. The highest BCUT2D eigenvalue weighted by molar-refractivity contribution is 6.40. The lowest BCUT2D eigenvalue weighted by molar-refractivity contribution is -0.147. The number of alkyl halides is 3. The number of halogens is 7. The molecule has 1 amide bonds. The highest BCUT2D eigenvalue weighted by Gasteiger charge is 2.43. The smallest absolute Gasteiger partial charge is 0.433 e. The van der Waals surface area contributed by atoms with Crippen LogP contribution in [-0.2, 0) is 17.5 Å². The number of amides is 1. The Bertz CT molecular complexity index is 1470. The SMILES string of the molecule is O=C(CN(Cc1ccc(Cl)cc1)C(=O)c1cnn(C2CCC(C(=O)O)CC2)c1C(F)(F)F)c1c(Cl)ccc(F)c1Cl. The van der Waals surface area contributed by atoms with Gasteiger partial charge in [-0.2, -0.15) is 18.3 Å². The molecule has 4 rings (SSSR count). The second kappa shape index (κ2) is 12.4. The second-order valence-electron chi connectivity index (χ2n) is 9.62. The van der Waals surface area contributed by atoms with Crippen molar-refractivity contribution in [1.29, 1.82) is 0 Å². The Morgan fingerprint density at radius 3 is 2.22 bits per heavy atom. The second-order valence-corrected chi connectivity index (χ2v) is 10.8. The molecule has 218 valence electrons. The molecule has 2 aromatic carbocycles. The van der Waals surface area contributed by atoms with Crippen molar-refractivity contribution in [1.82, 2.24) is 14.7 Å². The number of carbonyl (C=O) groups is 3. The monoisotopic (exact) mass is 633 g/mol. The summed E-state index contributed by atoms with van der Waals surface area (Å²) in [5.41, 5.74) is -2.07. The number of carboxylic acids is 1. The van der Waals surface area contributed by atoms with Crippen LogP contribution in [0.3, 0.4) is 0 Å². The lowest BCUT2D eigenvalue weighted by atomic mass is 9.86. The van der Waals surface area contributed by atoms with Gasteiger partial charge in [0.15, 0.2) is 11.5 Å². The van der Waals surface area contributed by atoms with E-state index in [1.807, 2.05) is 0 Å². The third kappa shape index (κ3) is 6.85. The molecule has 1 fully saturated rings. The molecule has 0 aliphatic heterocycles. The first-order chi connectivity index (χ1) is 19.3. The average molecular weight is 635 g/mol. The van der Waals surface area contributed by atoms with Crippen LogP contribution in [0.15, 0.2) is 42.6 Å². The van der Waals surface area contributed by atoms with Crippen LogP contribution < -0.4 is 0 Å². The molecule has 1 aromatic heterocycles. The van der Waals surface area contributed by atoms with Crippen LogP contribution in [0.2, 0.25) is 15.1 Å². The van der Waals surface area contributed by atoms with Crippen molar-refractivity contribution in [2.45, 2.75) is 44.4 Å². The topological polar surface area (TPSA) is 92.5 Å². The highest BCUT2D eigenvalue weighted by Crippen LogP contribution is 2.39. The number of nitrogens with zero attached hydrogens (tertiary/aromatic N) is 3. The minimum atomic E-state index is -5.00. The van der Waals surface area contributed by atoms with E-state index in [4.69, 9.17) is 34.8 Å². The highest BCUT2D eigenvalue weighted by atomic mass is 35.5. The van der Waals surface area contributed by atoms with Crippen molar-refractivity contribution in [2.75, 3.05) is 6.54 Å². The first kappa shape index (κ1) is 30.8. The van der Waals surface area contributed by atoms with Gasteiger partial charge < -0.3 is 10.0 Å². The van der Waals surface area contributed by atoms with Gasteiger partial charge in [0.05, 0.1) is 45.9 Å². The zero-order valence-corrected chi connectivity index (χ0v) is 23.4. The Morgan fingerprint density at radius 2 is 1.63 bits per heavy atom. The first-order valence-corrected chi connectivity index (χ1v) is 13.5. The van der Waals surface area contributed by atoms with Crippen molar-refractivity contribution >= 4 is 52.5 Å². The molecule has 41 heavy (non-hydrogen) atoms. The lowest BCUT2D eigenvalue weighted by Crippen LogP contribution is -2.37. The molecule has 7 nitrogen and oxygen atoms in total. The molecule has 1 aliphatic carbocycles. The van der Waals surface area contributed by atoms with Crippen LogP contribution in [-0.4, -0.2) is 44.0 Å². The largest absolute Gasteiger partial charge is 0.481 e. The van der Waals surface area contributed by atoms with Crippen LogP contribution >= 0.6 is 34.8 Å². The maximum Gasteiger partial charge on any atom is 0.433 e. The van der Waals surface area contributed by atoms with Gasteiger partial charge in [-0.05, 0) is 55.5 Å². The first-order valence-electron chi connectivity index (χ1n) is 12.4. The van der Waals surface area contributed by atoms with Crippen molar-refractivity contribution in [2.24, 2.45) is 5.92 Å². The van der Waals surface area contributed by atoms with Crippen molar-refractivity contribution in [3.05, 3.63) is 85.9 Å². The Balaban J connectivity index is 1.71. The molecule has 0 saturated heterocycles. The van der Waals surface area contributed by atoms with E-state index >= 15 is 0 Å². The summed E-state index contributed by atoms with van der Waals surface area (Å²) in [6.45, 7) is -1.09. The van der Waals surface area contributed by atoms with Crippen molar-refractivity contribution in [3.8, 4) is 0 Å². The van der Waals surface area contributed by atoms with Gasteiger partial charge >= 0.3 is 12.1 Å². The van der Waals surface area contributed by atoms with Crippen LogP contribution in [0.4, 0.5) is 17.6 Å². The maximum absolute atomic E-state index is 14.4. The molecule has 1 saturated carbocycles. The Labute approximate surface area is 246 Å². The summed E-state index contributed by atoms with van der Waals surface area (Å²) in [5.74, 6) is -4.67. The lowest BCUT2D eigenvalue weighted by Gasteiger charge is -2.28. The molecule has 0 atom stereocenters. The van der Waals surface area contributed by atoms with Gasteiger partial charge in [0.2, 0.25) is 0 Å². The number of ketones is 1. The molecule has 0 radical (unpaired) electrons. The molecule has 14 heteroatoms. The van der Waals surface area contributed by atoms with Gasteiger partial charge in [-0.25, -0.2) is 4.39 Å². The van der Waals surface area contributed by atoms with E-state index in [9.17, 15) is 37.1 Å². The third-order valence-electron chi connectivity index (χ3n) is 6.92. The molecule has 1 heterocycles. The van der Waals surface area contributed by atoms with Crippen LogP contribution in [0.25, 0.3) is 0 Å². The molecule has 1 aliphatic rings. The minimum absolute atomic E-state index is 0.124. The maximum atomic E-state index is 14.4. The summed E-state index contributed by atoms with van der Waals surface area (Å²) in [7, 11) is 0. The van der Waals surface area contributed by atoms with E-state index in [1.54, 1.807) is 0 Å². The molecule has 0 bridgehead atoms. The van der Waals surface area contributed by atoms with Gasteiger partial charge in [0.1, 0.15) is 5.82 Å². The van der Waals surface area contributed by atoms with Crippen LogP contribution in [0, 0.1) is 11.7 Å². The summed E-state index contributed by atoms with van der Waals surface area (Å²) in [6, 6.07) is 7.36. The van der Waals surface area contributed by atoms with Gasteiger partial charge in [0, 0.05) is 11.6 Å². The van der Waals surface area contributed by atoms with E-state index in [1.165, 1.54) is 24.3 Å². The minimum Gasteiger partial charge on any atom is -0.481 e. The number of carbonyl (C=O) groups excluding carboxylic acids is 2. The zero-order valence-electron chi connectivity index (χ0n) is 21.1. The van der Waals surface area contributed by atoms with E-state index in [2.05, 4.69) is 5.10 Å². The van der Waals surface area contributed by atoms with Gasteiger partial charge in [0.25, 0.3) is 5.91 Å². The quantitative estimate of drug-likeness (QED) is 0.159. The number of benzene rings is 2. The van der Waals surface area contributed by atoms with E-state index in [0.29, 0.717) is 15.3 Å². The molecule has 3 aromatic rings.